The Hall–Kier alpha value is -5.21. The van der Waals surface area contributed by atoms with Crippen LogP contribution < -0.4 is 4.90 Å². The van der Waals surface area contributed by atoms with Crippen molar-refractivity contribution in [3.05, 3.63) is 158 Å². The van der Waals surface area contributed by atoms with Gasteiger partial charge in [0.25, 0.3) is 0 Å². The van der Waals surface area contributed by atoms with E-state index in [9.17, 15) is 0 Å². The minimum absolute atomic E-state index is 0.771. The number of allylic oxidation sites excluding steroid dienone is 4. The van der Waals surface area contributed by atoms with Crippen molar-refractivity contribution >= 4 is 38.6 Å². The Bertz CT molecular complexity index is 1930. The molecule has 7 rings (SSSR count). The van der Waals surface area contributed by atoms with E-state index in [2.05, 4.69) is 157 Å². The molecule has 0 saturated heterocycles. The molecule has 0 aliphatic carbocycles. The number of anilines is 2. The first kappa shape index (κ1) is 23.9. The minimum atomic E-state index is 0.771. The van der Waals surface area contributed by atoms with E-state index < -0.39 is 0 Å². The van der Waals surface area contributed by atoms with Crippen LogP contribution in [0.25, 0.3) is 49.6 Å². The van der Waals surface area contributed by atoms with Gasteiger partial charge in [0.05, 0.1) is 11.2 Å². The number of rotatable bonds is 3. The molecule has 0 N–H and O–H groups in total. The number of para-hydroxylation sites is 1. The number of hydrogen-bond donors (Lipinski definition) is 0. The van der Waals surface area contributed by atoms with Gasteiger partial charge in [0.1, 0.15) is 0 Å². The fraction of sp³-hybridized carbons (Fsp3) is 0.0263. The van der Waals surface area contributed by atoms with E-state index in [1.807, 2.05) is 0 Å². The van der Waals surface area contributed by atoms with E-state index in [1.54, 1.807) is 0 Å². The standard InChI is InChI=1S/C38H28N2/c1-27-14-5-4-12-25-40(30-17-8-3-9-18-30)36-24-23-29(26-34(27)36)38-33-20-11-10-19-32(33)37-31(21-13-22-35(37)39-38)28-15-6-2-7-16-28/h2-24,26H,1,25H2/b12-4-,14-5-. The van der Waals surface area contributed by atoms with E-state index in [-0.39, 0.29) is 0 Å². The third-order valence-electron chi connectivity index (χ3n) is 7.62. The van der Waals surface area contributed by atoms with Crippen LogP contribution in [0.15, 0.2) is 152 Å². The first-order chi connectivity index (χ1) is 19.8. The highest BCUT2D eigenvalue weighted by Gasteiger charge is 2.18. The molecule has 2 heteroatoms. The SMILES string of the molecule is C=C1/C=C\C=C/CN(c2ccccc2)c2ccc(-c3nc4cccc(-c5ccccc5)c4c4ccccc34)cc21. The van der Waals surface area contributed by atoms with Crippen molar-refractivity contribution in [2.45, 2.75) is 0 Å². The number of fused-ring (bicyclic) bond motifs is 4. The molecular weight excluding hydrogens is 484 g/mol. The average molecular weight is 513 g/mol. The Morgan fingerprint density at radius 2 is 1.38 bits per heavy atom. The summed E-state index contributed by atoms with van der Waals surface area (Å²) < 4.78 is 0. The lowest BCUT2D eigenvalue weighted by Gasteiger charge is -2.27. The van der Waals surface area contributed by atoms with Crippen molar-refractivity contribution in [3.63, 3.8) is 0 Å². The van der Waals surface area contributed by atoms with Crippen molar-refractivity contribution in [2.75, 3.05) is 11.4 Å². The quantitative estimate of drug-likeness (QED) is 0.219. The van der Waals surface area contributed by atoms with E-state index in [0.717, 1.165) is 51.2 Å². The van der Waals surface area contributed by atoms with Gasteiger partial charge in [-0.25, -0.2) is 4.98 Å². The van der Waals surface area contributed by atoms with Gasteiger partial charge in [0, 0.05) is 39.8 Å². The topological polar surface area (TPSA) is 16.1 Å². The van der Waals surface area contributed by atoms with Crippen LogP contribution in [0.1, 0.15) is 5.56 Å². The summed E-state index contributed by atoms with van der Waals surface area (Å²) in [5.41, 5.74) is 9.81. The number of nitrogens with zero attached hydrogens (tertiary/aromatic N) is 2. The monoisotopic (exact) mass is 512 g/mol. The van der Waals surface area contributed by atoms with Gasteiger partial charge in [0.15, 0.2) is 0 Å². The van der Waals surface area contributed by atoms with E-state index in [1.165, 1.54) is 21.9 Å². The molecule has 0 fully saturated rings. The van der Waals surface area contributed by atoms with E-state index in [0.29, 0.717) is 0 Å². The molecule has 0 saturated carbocycles. The Morgan fingerprint density at radius 3 is 2.20 bits per heavy atom. The predicted molar refractivity (Wildman–Crippen MR) is 171 cm³/mol. The molecule has 1 aromatic heterocycles. The maximum atomic E-state index is 5.30. The van der Waals surface area contributed by atoms with Gasteiger partial charge in [-0.2, -0.15) is 0 Å². The van der Waals surface area contributed by atoms with Crippen LogP contribution >= 0.6 is 0 Å². The molecular formula is C38H28N2. The summed E-state index contributed by atoms with van der Waals surface area (Å²) in [4.78, 5) is 7.64. The van der Waals surface area contributed by atoms with Crippen LogP contribution in [0.2, 0.25) is 0 Å². The average Bonchev–Trinajstić information content (AvgIpc) is 3.10. The van der Waals surface area contributed by atoms with Crippen molar-refractivity contribution in [2.24, 2.45) is 0 Å². The molecule has 40 heavy (non-hydrogen) atoms. The summed E-state index contributed by atoms with van der Waals surface area (Å²) in [6.45, 7) is 5.22. The Kier molecular flexibility index (Phi) is 6.07. The highest BCUT2D eigenvalue weighted by molar-refractivity contribution is 6.16. The maximum absolute atomic E-state index is 5.30. The lowest BCUT2D eigenvalue weighted by molar-refractivity contribution is 1.09. The van der Waals surface area contributed by atoms with Crippen molar-refractivity contribution < 1.29 is 0 Å². The van der Waals surface area contributed by atoms with Gasteiger partial charge in [-0.05, 0) is 52.4 Å². The van der Waals surface area contributed by atoms with E-state index >= 15 is 0 Å². The largest absolute Gasteiger partial charge is 0.337 e. The van der Waals surface area contributed by atoms with Crippen LogP contribution in [0.5, 0.6) is 0 Å². The van der Waals surface area contributed by atoms with Gasteiger partial charge < -0.3 is 4.90 Å². The molecule has 2 nitrogen and oxygen atoms in total. The summed E-state index contributed by atoms with van der Waals surface area (Å²) in [5, 5.41) is 3.54. The smallest absolute Gasteiger partial charge is 0.0788 e. The number of benzene rings is 5. The normalized spacial score (nSPS) is 14.8. The molecule has 6 aromatic rings. The number of aromatic nitrogens is 1. The van der Waals surface area contributed by atoms with Crippen molar-refractivity contribution in [1.29, 1.82) is 0 Å². The van der Waals surface area contributed by atoms with Gasteiger partial charge in [-0.15, -0.1) is 0 Å². The van der Waals surface area contributed by atoms with Crippen LogP contribution in [0.4, 0.5) is 11.4 Å². The summed E-state index contributed by atoms with van der Waals surface area (Å²) in [6, 6.07) is 42.9. The molecule has 0 radical (unpaired) electrons. The third kappa shape index (κ3) is 4.20. The lowest BCUT2D eigenvalue weighted by atomic mass is 9.93. The third-order valence-corrected chi connectivity index (χ3v) is 7.62. The van der Waals surface area contributed by atoms with Crippen LogP contribution in [0.3, 0.4) is 0 Å². The molecule has 0 spiro atoms. The summed E-state index contributed by atoms with van der Waals surface area (Å²) >= 11 is 0. The molecule has 1 aliphatic heterocycles. The Labute approximate surface area is 234 Å². The second-order valence-electron chi connectivity index (χ2n) is 10.1. The summed E-state index contributed by atoms with van der Waals surface area (Å²) in [6.07, 6.45) is 8.44. The second kappa shape index (κ2) is 10.2. The zero-order valence-corrected chi connectivity index (χ0v) is 22.2. The van der Waals surface area contributed by atoms with Crippen molar-refractivity contribution in [1.82, 2.24) is 4.98 Å². The number of pyridine rings is 1. The van der Waals surface area contributed by atoms with Crippen LogP contribution in [-0.2, 0) is 0 Å². The van der Waals surface area contributed by atoms with Crippen LogP contribution in [0, 0.1) is 0 Å². The molecule has 1 aliphatic rings. The molecule has 190 valence electrons. The molecule has 0 amide bonds. The van der Waals surface area contributed by atoms with Gasteiger partial charge >= 0.3 is 0 Å². The molecule has 2 heterocycles. The molecule has 0 atom stereocenters. The zero-order chi connectivity index (χ0) is 26.9. The van der Waals surface area contributed by atoms with Gasteiger partial charge in [0.2, 0.25) is 0 Å². The Morgan fingerprint density at radius 1 is 0.625 bits per heavy atom. The summed E-state index contributed by atoms with van der Waals surface area (Å²) in [5.74, 6) is 0. The van der Waals surface area contributed by atoms with E-state index in [4.69, 9.17) is 4.98 Å². The van der Waals surface area contributed by atoms with Gasteiger partial charge in [-0.3, -0.25) is 0 Å². The Balaban J connectivity index is 1.46. The molecule has 0 unspecified atom stereocenters. The van der Waals surface area contributed by atoms with Gasteiger partial charge in [-0.1, -0.05) is 122 Å². The second-order valence-corrected chi connectivity index (χ2v) is 10.1. The fourth-order valence-corrected chi connectivity index (χ4v) is 5.72. The minimum Gasteiger partial charge on any atom is -0.337 e. The first-order valence-corrected chi connectivity index (χ1v) is 13.6. The summed E-state index contributed by atoms with van der Waals surface area (Å²) in [7, 11) is 0. The highest BCUT2D eigenvalue weighted by atomic mass is 15.1. The van der Waals surface area contributed by atoms with Crippen LogP contribution in [-0.4, -0.2) is 11.5 Å². The zero-order valence-electron chi connectivity index (χ0n) is 22.2. The first-order valence-electron chi connectivity index (χ1n) is 13.6. The lowest BCUT2D eigenvalue weighted by Crippen LogP contribution is -2.18. The molecule has 0 bridgehead atoms. The maximum Gasteiger partial charge on any atom is 0.0788 e. The predicted octanol–water partition coefficient (Wildman–Crippen LogP) is 10.00. The number of hydrogen-bond acceptors (Lipinski definition) is 2. The fourth-order valence-electron chi connectivity index (χ4n) is 5.72. The van der Waals surface area contributed by atoms with Crippen molar-refractivity contribution in [3.8, 4) is 22.4 Å². The highest BCUT2D eigenvalue weighted by Crippen LogP contribution is 2.40. The molecule has 5 aromatic carbocycles.